The number of rotatable bonds is 5. The van der Waals surface area contributed by atoms with Gasteiger partial charge in [0.1, 0.15) is 11.5 Å². The molecular formula is C19H23N3O3. The molecule has 0 spiro atoms. The molecule has 1 N–H and O–H groups in total. The van der Waals surface area contributed by atoms with Gasteiger partial charge in [-0.1, -0.05) is 0 Å². The third-order valence-electron chi connectivity index (χ3n) is 4.15. The molecule has 1 amide bonds. The van der Waals surface area contributed by atoms with E-state index in [0.717, 1.165) is 13.1 Å². The van der Waals surface area contributed by atoms with Crippen molar-refractivity contribution in [3.8, 4) is 11.5 Å². The van der Waals surface area contributed by atoms with Gasteiger partial charge in [0, 0.05) is 44.5 Å². The maximum absolute atomic E-state index is 12.6. The summed E-state index contributed by atoms with van der Waals surface area (Å²) >= 11 is 0. The number of benzene rings is 1. The first-order valence-corrected chi connectivity index (χ1v) is 8.49. The van der Waals surface area contributed by atoms with Crippen LogP contribution in [0.4, 0.5) is 0 Å². The van der Waals surface area contributed by atoms with Crippen LogP contribution in [0.15, 0.2) is 48.8 Å². The minimum atomic E-state index is -0.338. The first kappa shape index (κ1) is 17.4. The van der Waals surface area contributed by atoms with Crippen LogP contribution in [-0.2, 0) is 0 Å². The fourth-order valence-corrected chi connectivity index (χ4v) is 2.90. The van der Waals surface area contributed by atoms with Crippen molar-refractivity contribution in [2.75, 3.05) is 32.7 Å². The minimum Gasteiger partial charge on any atom is -0.456 e. The van der Waals surface area contributed by atoms with Crippen molar-refractivity contribution in [3.05, 3.63) is 54.4 Å². The van der Waals surface area contributed by atoms with E-state index in [0.29, 0.717) is 36.7 Å². The average Bonchev–Trinajstić information content (AvgIpc) is 2.63. The number of piperazine rings is 1. The number of carbonyl (C=O) groups excluding carboxylic acids is 1. The molecule has 6 heteroatoms. The molecule has 6 nitrogen and oxygen atoms in total. The molecule has 1 atom stereocenters. The Balaban J connectivity index is 1.56. The predicted molar refractivity (Wildman–Crippen MR) is 94.8 cm³/mol. The van der Waals surface area contributed by atoms with Gasteiger partial charge in [-0.15, -0.1) is 0 Å². The largest absolute Gasteiger partial charge is 0.456 e. The zero-order valence-corrected chi connectivity index (χ0v) is 14.3. The van der Waals surface area contributed by atoms with Gasteiger partial charge in [-0.05, 0) is 43.3 Å². The van der Waals surface area contributed by atoms with Crippen molar-refractivity contribution in [2.24, 2.45) is 0 Å². The molecule has 1 aromatic carbocycles. The lowest BCUT2D eigenvalue weighted by atomic mass is 10.1. The summed E-state index contributed by atoms with van der Waals surface area (Å²) in [5.74, 6) is 1.37. The fraction of sp³-hybridized carbons (Fsp3) is 0.368. The molecule has 1 aromatic heterocycles. The second-order valence-corrected chi connectivity index (χ2v) is 6.26. The number of aliphatic hydroxyl groups excluding tert-OH is 1. The van der Waals surface area contributed by atoms with Crippen LogP contribution < -0.4 is 4.74 Å². The summed E-state index contributed by atoms with van der Waals surface area (Å²) in [6, 6.07) is 10.8. The van der Waals surface area contributed by atoms with Crippen molar-refractivity contribution < 1.29 is 14.6 Å². The zero-order chi connectivity index (χ0) is 17.6. The molecule has 1 aliphatic rings. The molecule has 1 aliphatic heterocycles. The number of aliphatic hydroxyl groups is 1. The molecular weight excluding hydrogens is 318 g/mol. The number of hydrogen-bond donors (Lipinski definition) is 1. The molecule has 0 saturated carbocycles. The number of β-amino-alcohol motifs (C(OH)–C–C–N with tert-alkyl or cyclic N) is 1. The van der Waals surface area contributed by atoms with Gasteiger partial charge in [-0.25, -0.2) is 0 Å². The Morgan fingerprint density at radius 1 is 1.16 bits per heavy atom. The van der Waals surface area contributed by atoms with E-state index in [-0.39, 0.29) is 12.0 Å². The molecule has 132 valence electrons. The number of carbonyl (C=O) groups is 1. The number of aromatic nitrogens is 1. The van der Waals surface area contributed by atoms with E-state index in [9.17, 15) is 9.90 Å². The Morgan fingerprint density at radius 3 is 2.48 bits per heavy atom. The van der Waals surface area contributed by atoms with Gasteiger partial charge in [0.2, 0.25) is 0 Å². The third-order valence-corrected chi connectivity index (χ3v) is 4.15. The summed E-state index contributed by atoms with van der Waals surface area (Å²) in [6.45, 7) is 5.38. The van der Waals surface area contributed by atoms with Gasteiger partial charge in [0.15, 0.2) is 0 Å². The van der Waals surface area contributed by atoms with Crippen LogP contribution in [-0.4, -0.2) is 64.6 Å². The molecule has 1 fully saturated rings. The molecule has 0 aliphatic carbocycles. The second-order valence-electron chi connectivity index (χ2n) is 6.26. The van der Waals surface area contributed by atoms with E-state index in [1.807, 2.05) is 17.0 Å². The Kier molecular flexibility index (Phi) is 5.63. The van der Waals surface area contributed by atoms with E-state index in [4.69, 9.17) is 4.74 Å². The first-order chi connectivity index (χ1) is 12.1. The molecule has 3 rings (SSSR count). The van der Waals surface area contributed by atoms with Crippen molar-refractivity contribution >= 4 is 5.91 Å². The van der Waals surface area contributed by atoms with E-state index in [1.54, 1.807) is 43.6 Å². The topological polar surface area (TPSA) is 65.9 Å². The van der Waals surface area contributed by atoms with Crippen LogP contribution in [0.25, 0.3) is 0 Å². The van der Waals surface area contributed by atoms with Crippen LogP contribution in [0.1, 0.15) is 17.3 Å². The maximum Gasteiger partial charge on any atom is 0.253 e. The van der Waals surface area contributed by atoms with Gasteiger partial charge < -0.3 is 14.7 Å². The van der Waals surface area contributed by atoms with Gasteiger partial charge >= 0.3 is 0 Å². The quantitative estimate of drug-likeness (QED) is 0.901. The van der Waals surface area contributed by atoms with Gasteiger partial charge in [0.05, 0.1) is 12.3 Å². The summed E-state index contributed by atoms with van der Waals surface area (Å²) < 4.78 is 5.69. The Hall–Kier alpha value is -2.44. The fourth-order valence-electron chi connectivity index (χ4n) is 2.90. The van der Waals surface area contributed by atoms with Crippen LogP contribution in [0.2, 0.25) is 0 Å². The standard InChI is InChI=1S/C19H23N3O3/c1-15(23)14-21-9-11-22(12-10-21)19(24)16-4-6-17(7-5-16)25-18-3-2-8-20-13-18/h2-8,13,15,23H,9-12,14H2,1H3/t15-/m0/s1. The lowest BCUT2D eigenvalue weighted by Crippen LogP contribution is -2.50. The number of hydrogen-bond acceptors (Lipinski definition) is 5. The van der Waals surface area contributed by atoms with E-state index < -0.39 is 0 Å². The van der Waals surface area contributed by atoms with Crippen molar-refractivity contribution in [3.63, 3.8) is 0 Å². The Morgan fingerprint density at radius 2 is 1.88 bits per heavy atom. The van der Waals surface area contributed by atoms with Crippen LogP contribution in [0, 0.1) is 0 Å². The summed E-state index contributed by atoms with van der Waals surface area (Å²) in [5.41, 5.74) is 0.655. The molecule has 0 unspecified atom stereocenters. The smallest absolute Gasteiger partial charge is 0.253 e. The van der Waals surface area contributed by atoms with E-state index in [2.05, 4.69) is 9.88 Å². The molecule has 2 aromatic rings. The highest BCUT2D eigenvalue weighted by Crippen LogP contribution is 2.21. The van der Waals surface area contributed by atoms with Gasteiger partial charge in [-0.2, -0.15) is 0 Å². The lowest BCUT2D eigenvalue weighted by molar-refractivity contribution is 0.0554. The summed E-state index contributed by atoms with van der Waals surface area (Å²) in [7, 11) is 0. The Bertz CT molecular complexity index is 681. The minimum absolute atomic E-state index is 0.0321. The maximum atomic E-state index is 12.6. The number of ether oxygens (including phenoxy) is 1. The number of amides is 1. The van der Waals surface area contributed by atoms with Crippen LogP contribution in [0.3, 0.4) is 0 Å². The second kappa shape index (κ2) is 8.09. The average molecular weight is 341 g/mol. The van der Waals surface area contributed by atoms with Crippen molar-refractivity contribution in [2.45, 2.75) is 13.0 Å². The van der Waals surface area contributed by atoms with Gasteiger partial charge in [-0.3, -0.25) is 14.7 Å². The highest BCUT2D eigenvalue weighted by Gasteiger charge is 2.22. The summed E-state index contributed by atoms with van der Waals surface area (Å²) in [4.78, 5) is 20.6. The lowest BCUT2D eigenvalue weighted by Gasteiger charge is -2.35. The molecule has 2 heterocycles. The van der Waals surface area contributed by atoms with E-state index in [1.165, 1.54) is 0 Å². The van der Waals surface area contributed by atoms with Crippen LogP contribution in [0.5, 0.6) is 11.5 Å². The molecule has 1 saturated heterocycles. The normalized spacial score (nSPS) is 16.5. The van der Waals surface area contributed by atoms with Gasteiger partial charge in [0.25, 0.3) is 5.91 Å². The SMILES string of the molecule is C[C@H](O)CN1CCN(C(=O)c2ccc(Oc3cccnc3)cc2)CC1. The Labute approximate surface area is 147 Å². The van der Waals surface area contributed by atoms with Crippen LogP contribution >= 0.6 is 0 Å². The number of pyridine rings is 1. The van der Waals surface area contributed by atoms with Crippen molar-refractivity contribution in [1.82, 2.24) is 14.8 Å². The monoisotopic (exact) mass is 341 g/mol. The molecule has 0 radical (unpaired) electrons. The first-order valence-electron chi connectivity index (χ1n) is 8.49. The van der Waals surface area contributed by atoms with E-state index >= 15 is 0 Å². The predicted octanol–water partition coefficient (Wildman–Crippen LogP) is 2.01. The summed E-state index contributed by atoms with van der Waals surface area (Å²) in [6.07, 6.45) is 3.00. The highest BCUT2D eigenvalue weighted by molar-refractivity contribution is 5.94. The molecule has 0 bridgehead atoms. The highest BCUT2D eigenvalue weighted by atomic mass is 16.5. The number of nitrogens with zero attached hydrogens (tertiary/aromatic N) is 3. The summed E-state index contributed by atoms with van der Waals surface area (Å²) in [5, 5.41) is 9.45. The zero-order valence-electron chi connectivity index (χ0n) is 14.3. The third kappa shape index (κ3) is 4.78. The van der Waals surface area contributed by atoms with Crippen molar-refractivity contribution in [1.29, 1.82) is 0 Å². The molecule has 25 heavy (non-hydrogen) atoms.